The van der Waals surface area contributed by atoms with Gasteiger partial charge in [0.25, 0.3) is 0 Å². The normalized spacial score (nSPS) is 12.3. The van der Waals surface area contributed by atoms with Gasteiger partial charge in [-0.25, -0.2) is 4.79 Å². The summed E-state index contributed by atoms with van der Waals surface area (Å²) in [4.78, 5) is 15.8. The fourth-order valence-corrected chi connectivity index (χ4v) is 3.79. The van der Waals surface area contributed by atoms with Gasteiger partial charge in [0.15, 0.2) is 0 Å². The predicted octanol–water partition coefficient (Wildman–Crippen LogP) is 4.69. The van der Waals surface area contributed by atoms with Crippen LogP contribution >= 0.6 is 23.4 Å². The number of rotatable bonds is 4. The number of halogens is 1. The van der Waals surface area contributed by atoms with Gasteiger partial charge in [-0.2, -0.15) is 0 Å². The molecule has 120 valence electrons. The number of nitrogens with one attached hydrogen (secondary N) is 1. The number of hydrogen-bond donors (Lipinski definition) is 1. The van der Waals surface area contributed by atoms with E-state index in [1.807, 2.05) is 24.3 Å². The first-order chi connectivity index (χ1) is 11.2. The molecule has 1 amide bonds. The van der Waals surface area contributed by atoms with E-state index in [4.69, 9.17) is 11.6 Å². The van der Waals surface area contributed by atoms with E-state index in [0.29, 0.717) is 6.54 Å². The van der Waals surface area contributed by atoms with Crippen molar-refractivity contribution in [3.05, 3.63) is 47.5 Å². The van der Waals surface area contributed by atoms with Crippen molar-refractivity contribution >= 4 is 40.8 Å². The first kappa shape index (κ1) is 16.0. The zero-order valence-electron chi connectivity index (χ0n) is 12.7. The molecule has 0 atom stereocenters. The minimum Gasteiger partial charge on any atom is -0.453 e. The molecule has 1 aliphatic heterocycles. The highest BCUT2D eigenvalue weighted by Gasteiger charge is 2.22. The number of benzene rings is 2. The first-order valence-corrected chi connectivity index (χ1v) is 8.54. The second kappa shape index (κ2) is 7.15. The third-order valence-electron chi connectivity index (χ3n) is 3.60. The Kier molecular flexibility index (Phi) is 4.98. The maximum Gasteiger partial charge on any atom is 0.406 e. The number of para-hydroxylation sites is 1. The Morgan fingerprint density at radius 2 is 2.00 bits per heavy atom. The number of nitrogens with zero attached hydrogens (tertiary/aromatic N) is 1. The summed E-state index contributed by atoms with van der Waals surface area (Å²) in [6.07, 6.45) is 0.406. The molecule has 6 heteroatoms. The summed E-state index contributed by atoms with van der Waals surface area (Å²) in [5.74, 6) is 0. The van der Waals surface area contributed by atoms with Crippen molar-refractivity contribution < 1.29 is 9.53 Å². The topological polar surface area (TPSA) is 41.6 Å². The Morgan fingerprint density at radius 1 is 1.22 bits per heavy atom. The van der Waals surface area contributed by atoms with E-state index in [0.717, 1.165) is 23.7 Å². The molecular weight excluding hydrogens is 332 g/mol. The molecular formula is C17H17ClN2O2S. The summed E-state index contributed by atoms with van der Waals surface area (Å²) < 4.78 is 4.59. The van der Waals surface area contributed by atoms with Gasteiger partial charge < -0.3 is 15.0 Å². The van der Waals surface area contributed by atoms with Crippen LogP contribution in [0, 0.1) is 0 Å². The van der Waals surface area contributed by atoms with Crippen LogP contribution in [-0.2, 0) is 4.74 Å². The Labute approximate surface area is 144 Å². The van der Waals surface area contributed by atoms with Crippen molar-refractivity contribution in [2.24, 2.45) is 0 Å². The number of fused-ring (bicyclic) bond motifs is 2. The molecule has 0 spiro atoms. The highest BCUT2D eigenvalue weighted by molar-refractivity contribution is 7.99. The molecule has 2 aromatic carbocycles. The van der Waals surface area contributed by atoms with Crippen molar-refractivity contribution in [2.45, 2.75) is 16.2 Å². The molecule has 1 aliphatic rings. The summed E-state index contributed by atoms with van der Waals surface area (Å²) in [7, 11) is 1.37. The highest BCUT2D eigenvalue weighted by atomic mass is 35.5. The molecule has 3 rings (SSSR count). The Bertz CT molecular complexity index is 723. The van der Waals surface area contributed by atoms with Crippen LogP contribution in [0.1, 0.15) is 6.42 Å². The molecule has 23 heavy (non-hydrogen) atoms. The molecule has 0 bridgehead atoms. The summed E-state index contributed by atoms with van der Waals surface area (Å²) in [6, 6.07) is 14.3. The quantitative estimate of drug-likeness (QED) is 0.814. The fraction of sp³-hybridized carbons (Fsp3) is 0.235. The van der Waals surface area contributed by atoms with Crippen molar-refractivity contribution in [3.8, 4) is 0 Å². The second-order valence-electron chi connectivity index (χ2n) is 5.11. The van der Waals surface area contributed by atoms with Crippen molar-refractivity contribution in [1.82, 2.24) is 5.32 Å². The average molecular weight is 349 g/mol. The van der Waals surface area contributed by atoms with Crippen LogP contribution in [0.3, 0.4) is 0 Å². The van der Waals surface area contributed by atoms with E-state index in [1.54, 1.807) is 11.8 Å². The standard InChI is InChI=1S/C17H17ClN2O2S/c1-22-17(21)19-9-4-10-20-13-5-2-3-6-15(13)23-16-8-7-12(18)11-14(16)20/h2-3,5-8,11H,4,9-10H2,1H3,(H,19,21). The molecule has 0 aromatic heterocycles. The number of carbonyl (C=O) groups excluding carboxylic acids is 1. The van der Waals surface area contributed by atoms with E-state index in [2.05, 4.69) is 33.2 Å². The summed E-state index contributed by atoms with van der Waals surface area (Å²) in [6.45, 7) is 1.35. The number of hydrogen-bond acceptors (Lipinski definition) is 4. The average Bonchev–Trinajstić information content (AvgIpc) is 2.57. The van der Waals surface area contributed by atoms with E-state index in [1.165, 1.54) is 22.6 Å². The third kappa shape index (κ3) is 3.57. The SMILES string of the molecule is COC(=O)NCCCN1c2ccccc2Sc2ccc(Cl)cc21. The zero-order chi connectivity index (χ0) is 16.2. The molecule has 1 N–H and O–H groups in total. The lowest BCUT2D eigenvalue weighted by Crippen LogP contribution is -2.28. The van der Waals surface area contributed by atoms with Gasteiger partial charge in [0, 0.05) is 27.9 Å². The zero-order valence-corrected chi connectivity index (χ0v) is 14.3. The van der Waals surface area contributed by atoms with E-state index < -0.39 is 6.09 Å². The molecule has 0 saturated carbocycles. The second-order valence-corrected chi connectivity index (χ2v) is 6.63. The number of anilines is 2. The van der Waals surface area contributed by atoms with Gasteiger partial charge >= 0.3 is 6.09 Å². The molecule has 0 unspecified atom stereocenters. The third-order valence-corrected chi connectivity index (χ3v) is 4.97. The monoisotopic (exact) mass is 348 g/mol. The molecule has 4 nitrogen and oxygen atoms in total. The minimum absolute atomic E-state index is 0.400. The van der Waals surface area contributed by atoms with Crippen molar-refractivity contribution in [3.63, 3.8) is 0 Å². The molecule has 0 radical (unpaired) electrons. The van der Waals surface area contributed by atoms with Crippen LogP contribution in [0.5, 0.6) is 0 Å². The Morgan fingerprint density at radius 3 is 2.83 bits per heavy atom. The van der Waals surface area contributed by atoms with E-state index >= 15 is 0 Å². The van der Waals surface area contributed by atoms with Crippen LogP contribution in [0.15, 0.2) is 52.3 Å². The van der Waals surface area contributed by atoms with E-state index in [-0.39, 0.29) is 0 Å². The largest absolute Gasteiger partial charge is 0.453 e. The van der Waals surface area contributed by atoms with Gasteiger partial charge in [0.1, 0.15) is 0 Å². The smallest absolute Gasteiger partial charge is 0.406 e. The van der Waals surface area contributed by atoms with Crippen molar-refractivity contribution in [2.75, 3.05) is 25.1 Å². The molecule has 1 heterocycles. The number of carbonyl (C=O) groups is 1. The molecule has 2 aromatic rings. The van der Waals surface area contributed by atoms with Crippen LogP contribution < -0.4 is 10.2 Å². The van der Waals surface area contributed by atoms with Gasteiger partial charge in [-0.1, -0.05) is 35.5 Å². The minimum atomic E-state index is -0.400. The van der Waals surface area contributed by atoms with Gasteiger partial charge in [0.2, 0.25) is 0 Å². The van der Waals surface area contributed by atoms with Crippen LogP contribution in [-0.4, -0.2) is 26.3 Å². The summed E-state index contributed by atoms with van der Waals surface area (Å²) >= 11 is 7.93. The first-order valence-electron chi connectivity index (χ1n) is 7.35. The lowest BCUT2D eigenvalue weighted by atomic mass is 10.2. The number of methoxy groups -OCH3 is 1. The predicted molar refractivity (Wildman–Crippen MR) is 94.0 cm³/mol. The number of amides is 1. The lowest BCUT2D eigenvalue weighted by molar-refractivity contribution is 0.171. The number of ether oxygens (including phenoxy) is 1. The van der Waals surface area contributed by atoms with Crippen LogP contribution in [0.4, 0.5) is 16.2 Å². The summed E-state index contributed by atoms with van der Waals surface area (Å²) in [5.41, 5.74) is 2.28. The summed E-state index contributed by atoms with van der Waals surface area (Å²) in [5, 5.41) is 3.44. The van der Waals surface area contributed by atoms with Gasteiger partial charge in [0.05, 0.1) is 18.5 Å². The van der Waals surface area contributed by atoms with Gasteiger partial charge in [-0.05, 0) is 36.8 Å². The maximum absolute atomic E-state index is 11.1. The van der Waals surface area contributed by atoms with Crippen LogP contribution in [0.2, 0.25) is 5.02 Å². The highest BCUT2D eigenvalue weighted by Crippen LogP contribution is 2.48. The molecule has 0 saturated heterocycles. The molecule has 0 fully saturated rings. The Balaban J connectivity index is 1.80. The van der Waals surface area contributed by atoms with E-state index in [9.17, 15) is 4.79 Å². The lowest BCUT2D eigenvalue weighted by Gasteiger charge is -2.33. The maximum atomic E-state index is 11.1. The van der Waals surface area contributed by atoms with Gasteiger partial charge in [-0.15, -0.1) is 0 Å². The fourth-order valence-electron chi connectivity index (χ4n) is 2.54. The van der Waals surface area contributed by atoms with Crippen LogP contribution in [0.25, 0.3) is 0 Å². The van der Waals surface area contributed by atoms with Crippen molar-refractivity contribution in [1.29, 1.82) is 0 Å². The molecule has 0 aliphatic carbocycles. The number of alkyl carbamates (subject to hydrolysis) is 1. The van der Waals surface area contributed by atoms with Gasteiger partial charge in [-0.3, -0.25) is 0 Å². The Hall–Kier alpha value is -1.85.